The normalized spacial score (nSPS) is 15.3. The molecule has 0 spiro atoms. The second-order valence-electron chi connectivity index (χ2n) is 5.12. The van der Waals surface area contributed by atoms with Crippen molar-refractivity contribution in [2.45, 2.75) is 44.8 Å². The second kappa shape index (κ2) is 9.09. The molecule has 1 rings (SSSR count). The quantitative estimate of drug-likeness (QED) is 0.317. The van der Waals surface area contributed by atoms with Gasteiger partial charge in [0.25, 0.3) is 0 Å². The van der Waals surface area contributed by atoms with Gasteiger partial charge in [0, 0.05) is 18.1 Å². The van der Waals surface area contributed by atoms with Crippen LogP contribution in [0.25, 0.3) is 0 Å². The highest BCUT2D eigenvalue weighted by Crippen LogP contribution is 2.37. The Labute approximate surface area is 135 Å². The molecule has 1 N–H and O–H groups in total. The van der Waals surface area contributed by atoms with Gasteiger partial charge in [-0.05, 0) is 19.8 Å². The van der Waals surface area contributed by atoms with Crippen molar-refractivity contribution in [3.05, 3.63) is 25.3 Å². The fourth-order valence-electron chi connectivity index (χ4n) is 2.54. The lowest BCUT2D eigenvalue weighted by atomic mass is 9.82. The molecule has 1 aliphatic carbocycles. The van der Waals surface area contributed by atoms with E-state index in [1.165, 1.54) is 0 Å². The Balaban J connectivity index is 3.19. The first-order chi connectivity index (χ1) is 11.0. The summed E-state index contributed by atoms with van der Waals surface area (Å²) in [6.07, 6.45) is 5.66. The minimum absolute atomic E-state index is 0.206. The van der Waals surface area contributed by atoms with Crippen molar-refractivity contribution in [2.75, 3.05) is 6.61 Å². The molecule has 0 aromatic heterocycles. The summed E-state index contributed by atoms with van der Waals surface area (Å²) < 4.78 is 10.4. The summed E-state index contributed by atoms with van der Waals surface area (Å²) in [5.41, 5.74) is 2.17. The van der Waals surface area contributed by atoms with Crippen molar-refractivity contribution in [3.8, 4) is 0 Å². The minimum atomic E-state index is -2.09. The van der Waals surface area contributed by atoms with Crippen LogP contribution in [-0.4, -0.2) is 30.2 Å². The van der Waals surface area contributed by atoms with E-state index >= 15 is 0 Å². The molecule has 0 bridgehead atoms. The van der Waals surface area contributed by atoms with Crippen LogP contribution in [0.5, 0.6) is 0 Å². The molecule has 0 heterocycles. The molecule has 1 aliphatic rings. The average Bonchev–Trinajstić information content (AvgIpc) is 2.59. The number of nitrogens with one attached hydrogen (secondary N) is 1. The Morgan fingerprint density at radius 3 is 2.04 bits per heavy atom. The van der Waals surface area contributed by atoms with Crippen molar-refractivity contribution < 1.29 is 28.7 Å². The lowest BCUT2D eigenvalue weighted by Gasteiger charge is -2.38. The number of hydrogen-bond donors (Lipinski definition) is 1. The molecule has 23 heavy (non-hydrogen) atoms. The first-order valence-electron chi connectivity index (χ1n) is 7.63. The summed E-state index contributed by atoms with van der Waals surface area (Å²) in [5.74, 6) is -5.12. The Morgan fingerprint density at radius 2 is 1.61 bits per heavy atom. The van der Waals surface area contributed by atoms with Gasteiger partial charge in [-0.1, -0.05) is 32.4 Å². The standard InChI is InChI=1S/C16H23NO6/c1-4-13(18)22-16(23-14(19)5-2,15(20)17-21-6-3)12-10-8-7-9-11-12/h4-5,12H,1-2,6-11H2,3H3,(H,17,20). The largest absolute Gasteiger partial charge is 0.410 e. The number of esters is 2. The third-order valence-corrected chi connectivity index (χ3v) is 3.61. The molecule has 7 nitrogen and oxygen atoms in total. The van der Waals surface area contributed by atoms with E-state index in [1.54, 1.807) is 6.92 Å². The van der Waals surface area contributed by atoms with Crippen LogP contribution in [0.1, 0.15) is 39.0 Å². The lowest BCUT2D eigenvalue weighted by Crippen LogP contribution is -2.58. The van der Waals surface area contributed by atoms with Gasteiger partial charge >= 0.3 is 23.6 Å². The summed E-state index contributed by atoms with van der Waals surface area (Å²) in [6, 6.07) is 0. The van der Waals surface area contributed by atoms with Gasteiger partial charge in [0.05, 0.1) is 6.61 Å². The average molecular weight is 325 g/mol. The number of ether oxygens (including phenoxy) is 2. The number of rotatable bonds is 8. The molecular formula is C16H23NO6. The van der Waals surface area contributed by atoms with E-state index in [0.29, 0.717) is 12.8 Å². The van der Waals surface area contributed by atoms with Crippen LogP contribution in [0.3, 0.4) is 0 Å². The molecule has 1 fully saturated rings. The van der Waals surface area contributed by atoms with Crippen molar-refractivity contribution in [1.29, 1.82) is 0 Å². The molecule has 0 atom stereocenters. The second-order valence-corrected chi connectivity index (χ2v) is 5.12. The first-order valence-corrected chi connectivity index (χ1v) is 7.63. The Hall–Kier alpha value is -2.15. The van der Waals surface area contributed by atoms with Gasteiger partial charge in [-0.2, -0.15) is 0 Å². The summed E-state index contributed by atoms with van der Waals surface area (Å²) in [6.45, 7) is 8.51. The molecule has 1 saturated carbocycles. The molecule has 7 heteroatoms. The van der Waals surface area contributed by atoms with E-state index in [0.717, 1.165) is 31.4 Å². The number of hydrogen-bond acceptors (Lipinski definition) is 6. The molecule has 0 radical (unpaired) electrons. The van der Waals surface area contributed by atoms with Crippen LogP contribution < -0.4 is 5.48 Å². The zero-order chi connectivity index (χ0) is 17.3. The Morgan fingerprint density at radius 1 is 1.09 bits per heavy atom. The maximum absolute atomic E-state index is 12.6. The van der Waals surface area contributed by atoms with Gasteiger partial charge in [-0.15, -0.1) is 0 Å². The van der Waals surface area contributed by atoms with Crippen LogP contribution in [0, 0.1) is 5.92 Å². The smallest absolute Gasteiger partial charge is 0.341 e. The van der Waals surface area contributed by atoms with E-state index in [9.17, 15) is 14.4 Å². The van der Waals surface area contributed by atoms with E-state index < -0.39 is 29.6 Å². The van der Waals surface area contributed by atoms with E-state index in [4.69, 9.17) is 14.3 Å². The monoisotopic (exact) mass is 325 g/mol. The first kappa shape index (κ1) is 18.9. The fraction of sp³-hybridized carbons (Fsp3) is 0.562. The zero-order valence-electron chi connectivity index (χ0n) is 13.3. The van der Waals surface area contributed by atoms with Crippen molar-refractivity contribution in [3.63, 3.8) is 0 Å². The molecule has 0 unspecified atom stereocenters. The van der Waals surface area contributed by atoms with Crippen molar-refractivity contribution in [2.24, 2.45) is 5.92 Å². The summed E-state index contributed by atoms with van der Waals surface area (Å²) in [7, 11) is 0. The number of carbonyl (C=O) groups is 3. The van der Waals surface area contributed by atoms with E-state index in [1.807, 2.05) is 0 Å². The highest BCUT2D eigenvalue weighted by molar-refractivity contribution is 5.92. The molecule has 0 aromatic rings. The zero-order valence-corrected chi connectivity index (χ0v) is 13.3. The summed E-state index contributed by atoms with van der Waals surface area (Å²) in [4.78, 5) is 40.9. The van der Waals surface area contributed by atoms with E-state index in [-0.39, 0.29) is 6.61 Å². The summed E-state index contributed by atoms with van der Waals surface area (Å²) >= 11 is 0. The topological polar surface area (TPSA) is 90.9 Å². The maximum Gasteiger partial charge on any atom is 0.341 e. The number of amides is 1. The fourth-order valence-corrected chi connectivity index (χ4v) is 2.54. The number of carbonyl (C=O) groups excluding carboxylic acids is 3. The van der Waals surface area contributed by atoms with E-state index in [2.05, 4.69) is 18.6 Å². The highest BCUT2D eigenvalue weighted by Gasteiger charge is 2.53. The predicted octanol–water partition coefficient (Wildman–Crippen LogP) is 1.79. The molecule has 0 saturated heterocycles. The minimum Gasteiger partial charge on any atom is -0.410 e. The van der Waals surface area contributed by atoms with Gasteiger partial charge in [-0.3, -0.25) is 9.63 Å². The van der Waals surface area contributed by atoms with Crippen LogP contribution in [0.4, 0.5) is 0 Å². The SMILES string of the molecule is C=CC(=O)OC(OC(=O)C=C)(C(=O)NOCC)C1CCCCC1. The van der Waals surface area contributed by atoms with Gasteiger partial charge in [-0.25, -0.2) is 15.1 Å². The van der Waals surface area contributed by atoms with Crippen molar-refractivity contribution >= 4 is 17.8 Å². The number of hydroxylamine groups is 1. The van der Waals surface area contributed by atoms with Crippen LogP contribution in [0.2, 0.25) is 0 Å². The summed E-state index contributed by atoms with van der Waals surface area (Å²) in [5, 5.41) is 0. The lowest BCUT2D eigenvalue weighted by molar-refractivity contribution is -0.245. The molecule has 0 aromatic carbocycles. The third kappa shape index (κ3) is 4.92. The molecule has 0 aliphatic heterocycles. The van der Waals surface area contributed by atoms with Crippen LogP contribution >= 0.6 is 0 Å². The van der Waals surface area contributed by atoms with Crippen LogP contribution in [-0.2, 0) is 28.7 Å². The third-order valence-electron chi connectivity index (χ3n) is 3.61. The predicted molar refractivity (Wildman–Crippen MR) is 81.7 cm³/mol. The van der Waals surface area contributed by atoms with Gasteiger partial charge < -0.3 is 9.47 Å². The molecule has 128 valence electrons. The van der Waals surface area contributed by atoms with Gasteiger partial charge in [0.1, 0.15) is 0 Å². The highest BCUT2D eigenvalue weighted by atomic mass is 16.7. The van der Waals surface area contributed by atoms with Gasteiger partial charge in [0.2, 0.25) is 0 Å². The Kier molecular flexibility index (Phi) is 7.47. The molecular weight excluding hydrogens is 302 g/mol. The molecule has 1 amide bonds. The van der Waals surface area contributed by atoms with Crippen molar-refractivity contribution in [1.82, 2.24) is 5.48 Å². The van der Waals surface area contributed by atoms with Crippen LogP contribution in [0.15, 0.2) is 25.3 Å². The maximum atomic E-state index is 12.6. The van der Waals surface area contributed by atoms with Gasteiger partial charge in [0.15, 0.2) is 0 Å². The Bertz CT molecular complexity index is 445.